The molecule has 0 fully saturated rings. The van der Waals surface area contributed by atoms with Gasteiger partial charge in [0.1, 0.15) is 0 Å². The molecule has 0 atom stereocenters. The quantitative estimate of drug-likeness (QED) is 0.696. The Morgan fingerprint density at radius 1 is 1.05 bits per heavy atom. The van der Waals surface area contributed by atoms with E-state index in [1.807, 2.05) is 30.3 Å². The molecule has 0 aromatic heterocycles. The van der Waals surface area contributed by atoms with Crippen molar-refractivity contribution >= 4 is 40.2 Å². The third-order valence-corrected chi connectivity index (χ3v) is 3.73. The fourth-order valence-electron chi connectivity index (χ4n) is 1.77. The van der Waals surface area contributed by atoms with E-state index in [0.717, 1.165) is 9.13 Å². The molecule has 2 rings (SSSR count). The average Bonchev–Trinajstić information content (AvgIpc) is 2.46. The molecule has 21 heavy (non-hydrogen) atoms. The van der Waals surface area contributed by atoms with Crippen molar-refractivity contribution in [3.8, 4) is 0 Å². The number of halogens is 1. The van der Waals surface area contributed by atoms with Crippen LogP contribution in [0.25, 0.3) is 0 Å². The van der Waals surface area contributed by atoms with E-state index in [4.69, 9.17) is 5.73 Å². The second kappa shape index (κ2) is 7.07. The van der Waals surface area contributed by atoms with E-state index >= 15 is 0 Å². The van der Waals surface area contributed by atoms with Gasteiger partial charge in [-0.25, -0.2) is 4.79 Å². The van der Waals surface area contributed by atoms with Gasteiger partial charge in [0.25, 0.3) is 5.91 Å². The molecule has 0 saturated carbocycles. The largest absolute Gasteiger partial charge is 0.351 e. The zero-order chi connectivity index (χ0) is 15.2. The van der Waals surface area contributed by atoms with Crippen molar-refractivity contribution in [3.63, 3.8) is 0 Å². The van der Waals surface area contributed by atoms with Gasteiger partial charge in [-0.15, -0.1) is 0 Å². The monoisotopic (exact) mass is 395 g/mol. The second-order valence-electron chi connectivity index (χ2n) is 4.35. The minimum atomic E-state index is -0.602. The Kier molecular flexibility index (Phi) is 5.15. The Balaban J connectivity index is 1.95. The molecule has 0 heterocycles. The second-order valence-corrected chi connectivity index (χ2v) is 5.51. The number of carbonyl (C=O) groups is 2. The summed E-state index contributed by atoms with van der Waals surface area (Å²) in [5, 5.41) is 5.34. The minimum Gasteiger partial charge on any atom is -0.351 e. The number of urea groups is 1. The van der Waals surface area contributed by atoms with Gasteiger partial charge in [0, 0.05) is 15.8 Å². The maximum Gasteiger partial charge on any atom is 0.316 e. The number of anilines is 1. The summed E-state index contributed by atoms with van der Waals surface area (Å²) in [4.78, 5) is 22.8. The Labute approximate surface area is 136 Å². The highest BCUT2D eigenvalue weighted by Crippen LogP contribution is 2.12. The molecule has 0 aliphatic carbocycles. The summed E-state index contributed by atoms with van der Waals surface area (Å²) in [5.41, 5.74) is 7.24. The fourth-order valence-corrected chi connectivity index (χ4v) is 2.40. The summed E-state index contributed by atoms with van der Waals surface area (Å²) in [6, 6.07) is 13.9. The third-order valence-electron chi connectivity index (χ3n) is 2.79. The predicted octanol–water partition coefficient (Wildman–Crippen LogP) is 2.71. The van der Waals surface area contributed by atoms with E-state index < -0.39 is 6.03 Å². The lowest BCUT2D eigenvalue weighted by Gasteiger charge is -2.08. The highest BCUT2D eigenvalue weighted by atomic mass is 127. The van der Waals surface area contributed by atoms with Crippen LogP contribution >= 0.6 is 22.6 Å². The molecule has 2 aromatic carbocycles. The van der Waals surface area contributed by atoms with E-state index in [0.29, 0.717) is 17.8 Å². The fraction of sp³-hybridized carbons (Fsp3) is 0.0667. The predicted molar refractivity (Wildman–Crippen MR) is 90.0 cm³/mol. The summed E-state index contributed by atoms with van der Waals surface area (Å²) in [7, 11) is 0. The molecule has 0 aliphatic rings. The standard InChI is InChI=1S/C15H14IN3O2/c16-13-4-2-1-3-12(13)14(20)18-9-10-5-7-11(8-6-10)19-15(17)21/h1-8H,9H2,(H,18,20)(H3,17,19,21). The molecular weight excluding hydrogens is 381 g/mol. The first-order valence-electron chi connectivity index (χ1n) is 6.24. The zero-order valence-electron chi connectivity index (χ0n) is 11.1. The number of carbonyl (C=O) groups excluding carboxylic acids is 2. The molecule has 0 unspecified atom stereocenters. The van der Waals surface area contributed by atoms with Gasteiger partial charge in [-0.3, -0.25) is 4.79 Å². The number of amides is 3. The van der Waals surface area contributed by atoms with Crippen LogP contribution in [0.1, 0.15) is 15.9 Å². The van der Waals surface area contributed by atoms with Crippen molar-refractivity contribution in [2.75, 3.05) is 5.32 Å². The smallest absolute Gasteiger partial charge is 0.316 e. The Morgan fingerprint density at radius 2 is 1.71 bits per heavy atom. The molecule has 6 heteroatoms. The summed E-state index contributed by atoms with van der Waals surface area (Å²) < 4.78 is 0.911. The Bertz CT molecular complexity index is 656. The molecule has 0 radical (unpaired) electrons. The first-order valence-corrected chi connectivity index (χ1v) is 7.32. The average molecular weight is 395 g/mol. The van der Waals surface area contributed by atoms with Crippen molar-refractivity contribution in [3.05, 3.63) is 63.2 Å². The van der Waals surface area contributed by atoms with Crippen LogP contribution in [-0.4, -0.2) is 11.9 Å². The lowest BCUT2D eigenvalue weighted by atomic mass is 10.2. The number of benzene rings is 2. The van der Waals surface area contributed by atoms with Gasteiger partial charge in [-0.05, 0) is 52.4 Å². The van der Waals surface area contributed by atoms with Crippen molar-refractivity contribution in [1.82, 2.24) is 5.32 Å². The molecule has 0 aliphatic heterocycles. The highest BCUT2D eigenvalue weighted by Gasteiger charge is 2.08. The van der Waals surface area contributed by atoms with Gasteiger partial charge in [0.15, 0.2) is 0 Å². The summed E-state index contributed by atoms with van der Waals surface area (Å²) in [6.45, 7) is 0.417. The molecule has 108 valence electrons. The van der Waals surface area contributed by atoms with Crippen molar-refractivity contribution < 1.29 is 9.59 Å². The lowest BCUT2D eigenvalue weighted by Crippen LogP contribution is -2.23. The van der Waals surface area contributed by atoms with Crippen LogP contribution in [0, 0.1) is 3.57 Å². The van der Waals surface area contributed by atoms with E-state index in [9.17, 15) is 9.59 Å². The van der Waals surface area contributed by atoms with Crippen molar-refractivity contribution in [1.29, 1.82) is 0 Å². The number of nitrogens with two attached hydrogens (primary N) is 1. The molecule has 5 nitrogen and oxygen atoms in total. The van der Waals surface area contributed by atoms with Crippen LogP contribution in [0.5, 0.6) is 0 Å². The molecule has 0 spiro atoms. The van der Waals surface area contributed by atoms with Crippen LogP contribution < -0.4 is 16.4 Å². The minimum absolute atomic E-state index is 0.112. The van der Waals surface area contributed by atoms with Gasteiger partial charge in [-0.2, -0.15) is 0 Å². The van der Waals surface area contributed by atoms with E-state index in [-0.39, 0.29) is 5.91 Å². The number of primary amides is 1. The Morgan fingerprint density at radius 3 is 2.33 bits per heavy atom. The van der Waals surface area contributed by atoms with Crippen LogP contribution in [0.15, 0.2) is 48.5 Å². The summed E-state index contributed by atoms with van der Waals surface area (Å²) in [5.74, 6) is -0.112. The van der Waals surface area contributed by atoms with E-state index in [1.54, 1.807) is 18.2 Å². The number of rotatable bonds is 4. The van der Waals surface area contributed by atoms with Gasteiger partial charge in [0.2, 0.25) is 0 Å². The van der Waals surface area contributed by atoms with Crippen LogP contribution in [0.4, 0.5) is 10.5 Å². The summed E-state index contributed by atoms with van der Waals surface area (Å²) in [6.07, 6.45) is 0. The molecule has 3 amide bonds. The number of hydrogen-bond donors (Lipinski definition) is 3. The van der Waals surface area contributed by atoms with E-state index in [2.05, 4.69) is 33.2 Å². The van der Waals surface area contributed by atoms with Crippen LogP contribution in [0.2, 0.25) is 0 Å². The van der Waals surface area contributed by atoms with Crippen molar-refractivity contribution in [2.45, 2.75) is 6.54 Å². The molecule has 4 N–H and O–H groups in total. The Hall–Kier alpha value is -2.09. The SMILES string of the molecule is NC(=O)Nc1ccc(CNC(=O)c2ccccc2I)cc1. The zero-order valence-corrected chi connectivity index (χ0v) is 13.3. The van der Waals surface area contributed by atoms with Gasteiger partial charge in [-0.1, -0.05) is 24.3 Å². The number of nitrogens with one attached hydrogen (secondary N) is 2. The lowest BCUT2D eigenvalue weighted by molar-refractivity contribution is 0.0950. The highest BCUT2D eigenvalue weighted by molar-refractivity contribution is 14.1. The van der Waals surface area contributed by atoms with Gasteiger partial charge < -0.3 is 16.4 Å². The van der Waals surface area contributed by atoms with Gasteiger partial charge >= 0.3 is 6.03 Å². The number of hydrogen-bond acceptors (Lipinski definition) is 2. The molecule has 0 bridgehead atoms. The topological polar surface area (TPSA) is 84.2 Å². The van der Waals surface area contributed by atoms with E-state index in [1.165, 1.54) is 0 Å². The van der Waals surface area contributed by atoms with Crippen molar-refractivity contribution in [2.24, 2.45) is 5.73 Å². The normalized spacial score (nSPS) is 9.95. The molecule has 2 aromatic rings. The summed E-state index contributed by atoms with van der Waals surface area (Å²) >= 11 is 2.13. The van der Waals surface area contributed by atoms with Crippen LogP contribution in [-0.2, 0) is 6.54 Å². The maximum absolute atomic E-state index is 12.1. The maximum atomic E-state index is 12.1. The molecular formula is C15H14IN3O2. The van der Waals surface area contributed by atoms with Gasteiger partial charge in [0.05, 0.1) is 5.56 Å². The third kappa shape index (κ3) is 4.45. The van der Waals surface area contributed by atoms with Crippen LogP contribution in [0.3, 0.4) is 0 Å². The first kappa shape index (κ1) is 15.3. The first-order chi connectivity index (χ1) is 10.1. The molecule has 0 saturated heterocycles.